The van der Waals surface area contributed by atoms with E-state index < -0.39 is 13.4 Å². The summed E-state index contributed by atoms with van der Waals surface area (Å²) >= 11 is 0. The first-order chi connectivity index (χ1) is 8.07. The number of imidazole rings is 1. The molecule has 0 saturated carbocycles. The summed E-state index contributed by atoms with van der Waals surface area (Å²) in [5.74, 6) is 0.0647. The lowest BCUT2D eigenvalue weighted by Gasteiger charge is -2.08. The van der Waals surface area contributed by atoms with E-state index in [2.05, 4.69) is 15.4 Å². The third-order valence-electron chi connectivity index (χ3n) is 2.46. The largest absolute Gasteiger partial charge is 0.632 e. The molecule has 0 amide bonds. The third kappa shape index (κ3) is 0.942. The average molecular weight is 257 g/mol. The van der Waals surface area contributed by atoms with E-state index in [1.807, 2.05) is 0 Å². The van der Waals surface area contributed by atoms with Crippen molar-refractivity contribution in [1.29, 1.82) is 0 Å². The van der Waals surface area contributed by atoms with E-state index >= 15 is 0 Å². The molecule has 4 aliphatic heterocycles. The smallest absolute Gasteiger partial charge is 0.355 e. The van der Waals surface area contributed by atoms with E-state index in [0.717, 1.165) is 4.73 Å². The highest BCUT2D eigenvalue weighted by molar-refractivity contribution is 7.49. The van der Waals surface area contributed by atoms with E-state index in [9.17, 15) is 9.36 Å². The molecule has 17 heavy (non-hydrogen) atoms. The van der Waals surface area contributed by atoms with Crippen LogP contribution in [0.4, 0.5) is 5.95 Å². The number of hydrogen-bond acceptors (Lipinski definition) is 8. The topological polar surface area (TPSA) is 110 Å². The van der Waals surface area contributed by atoms with Crippen LogP contribution in [0.15, 0.2) is 4.79 Å². The highest BCUT2D eigenvalue weighted by Crippen LogP contribution is 2.52. The normalized spacial score (nSPS) is 24.3. The van der Waals surface area contributed by atoms with Gasteiger partial charge in [0.15, 0.2) is 11.2 Å². The number of fused-ring (bicyclic) bond motifs is 1. The Morgan fingerprint density at radius 3 is 3.06 bits per heavy atom. The Balaban J connectivity index is 2.29. The Hall–Kier alpha value is -2.06. The Labute approximate surface area is 92.3 Å². The second kappa shape index (κ2) is 2.44. The van der Waals surface area contributed by atoms with E-state index in [4.69, 9.17) is 13.8 Å². The second-order valence-corrected chi connectivity index (χ2v) is 4.90. The van der Waals surface area contributed by atoms with Crippen LogP contribution in [-0.2, 0) is 16.2 Å². The number of aromatic nitrogens is 4. The zero-order valence-electron chi connectivity index (χ0n) is 8.28. The minimum Gasteiger partial charge on any atom is -0.355 e. The molecule has 6 rings (SSSR count). The summed E-state index contributed by atoms with van der Waals surface area (Å²) in [7, 11) is -2.22. The van der Waals surface area contributed by atoms with Gasteiger partial charge in [0.2, 0.25) is 5.95 Å². The number of nitrogens with one attached hydrogen (secondary N) is 1. The molecule has 0 aromatic carbocycles. The lowest BCUT2D eigenvalue weighted by molar-refractivity contribution is 0.220. The van der Waals surface area contributed by atoms with Crippen LogP contribution in [0, 0.1) is 0 Å². The van der Waals surface area contributed by atoms with Crippen LogP contribution in [0.3, 0.4) is 0 Å². The summed E-state index contributed by atoms with van der Waals surface area (Å²) in [4.78, 5) is 19.5. The maximum atomic E-state index is 11.9. The molecular weight excluding hydrogens is 253 g/mol. The Morgan fingerprint density at radius 2 is 2.24 bits per heavy atom. The van der Waals surface area contributed by atoms with Gasteiger partial charge in [0, 0.05) is 7.05 Å². The van der Waals surface area contributed by atoms with Crippen LogP contribution in [-0.4, -0.2) is 19.3 Å². The number of hydrogen-bond donors (Lipinski definition) is 1. The van der Waals surface area contributed by atoms with Crippen molar-refractivity contribution in [2.75, 3.05) is 5.48 Å². The number of rotatable bonds is 0. The zero-order valence-corrected chi connectivity index (χ0v) is 9.17. The fourth-order valence-corrected chi connectivity index (χ4v) is 2.65. The molecule has 0 fully saturated rings. The van der Waals surface area contributed by atoms with Crippen LogP contribution in [0.25, 0.3) is 11.2 Å². The van der Waals surface area contributed by atoms with Crippen LogP contribution < -0.4 is 20.2 Å². The van der Waals surface area contributed by atoms with Crippen LogP contribution >= 0.6 is 7.82 Å². The van der Waals surface area contributed by atoms with Crippen molar-refractivity contribution in [3.05, 3.63) is 10.4 Å². The van der Waals surface area contributed by atoms with Crippen molar-refractivity contribution >= 4 is 24.9 Å². The molecule has 0 saturated heterocycles. The molecule has 1 N–H and O–H groups in total. The Morgan fingerprint density at radius 1 is 1.41 bits per heavy atom. The predicted molar refractivity (Wildman–Crippen MR) is 52.3 cm³/mol. The van der Waals surface area contributed by atoms with Crippen molar-refractivity contribution in [1.82, 2.24) is 19.3 Å². The van der Waals surface area contributed by atoms with Crippen molar-refractivity contribution in [2.24, 2.45) is 7.05 Å². The molecule has 0 aliphatic carbocycles. The summed E-state index contributed by atoms with van der Waals surface area (Å²) in [6.07, 6.45) is 0. The minimum absolute atomic E-state index is 0.0521. The molecule has 11 heteroatoms. The van der Waals surface area contributed by atoms with Gasteiger partial charge >= 0.3 is 19.4 Å². The van der Waals surface area contributed by atoms with Crippen LogP contribution in [0.2, 0.25) is 0 Å². The van der Waals surface area contributed by atoms with Gasteiger partial charge in [0.05, 0.1) is 0 Å². The van der Waals surface area contributed by atoms with Gasteiger partial charge in [-0.15, -0.1) is 9.35 Å². The molecule has 2 aromatic rings. The van der Waals surface area contributed by atoms with Crippen LogP contribution in [0.1, 0.15) is 0 Å². The fourth-order valence-electron chi connectivity index (χ4n) is 1.69. The molecular formula is C6H4N5O5P. The molecule has 0 spiro atoms. The van der Waals surface area contributed by atoms with Gasteiger partial charge in [-0.1, -0.05) is 0 Å². The number of anilines is 1. The van der Waals surface area contributed by atoms with Gasteiger partial charge in [-0.3, -0.25) is 14.0 Å². The molecule has 6 bridgehead atoms. The summed E-state index contributed by atoms with van der Waals surface area (Å²) in [6, 6.07) is -0.0984. The molecule has 4 aliphatic rings. The molecule has 88 valence electrons. The van der Waals surface area contributed by atoms with Crippen LogP contribution in [0.5, 0.6) is 6.01 Å². The molecule has 2 aromatic heterocycles. The highest BCUT2D eigenvalue weighted by atomic mass is 31.2. The highest BCUT2D eigenvalue weighted by Gasteiger charge is 2.45. The fraction of sp³-hybridized carbons (Fsp3) is 0.167. The van der Waals surface area contributed by atoms with Crippen molar-refractivity contribution in [3.8, 4) is 6.01 Å². The Bertz CT molecular complexity index is 777. The number of aryl methyl sites for hydroxylation is 1. The van der Waals surface area contributed by atoms with Crippen molar-refractivity contribution in [3.63, 3.8) is 0 Å². The average Bonchev–Trinajstić information content (AvgIpc) is 2.76. The molecule has 6 heterocycles. The monoisotopic (exact) mass is 257 g/mol. The standard InChI is InChI=1S/C6H4N5O5P/c1-10-3-2-4(12)8-5(10)9-15-17(13)14-6(7-3)11(2)16-17/h1H3,(H,8,9,12). The van der Waals surface area contributed by atoms with E-state index in [0.29, 0.717) is 5.65 Å². The first kappa shape index (κ1) is 9.02. The van der Waals surface area contributed by atoms with Gasteiger partial charge in [0.1, 0.15) is 0 Å². The maximum Gasteiger partial charge on any atom is 0.632 e. The van der Waals surface area contributed by atoms with E-state index in [1.54, 1.807) is 7.05 Å². The minimum atomic E-state index is -3.84. The summed E-state index contributed by atoms with van der Waals surface area (Å²) < 4.78 is 28.9. The molecule has 10 nitrogen and oxygen atoms in total. The van der Waals surface area contributed by atoms with Gasteiger partial charge in [-0.05, 0) is 0 Å². The van der Waals surface area contributed by atoms with Crippen molar-refractivity contribution in [2.45, 2.75) is 0 Å². The summed E-state index contributed by atoms with van der Waals surface area (Å²) in [6.45, 7) is 0. The van der Waals surface area contributed by atoms with Gasteiger partial charge in [-0.25, -0.2) is 10.0 Å². The molecule has 1 unspecified atom stereocenters. The first-order valence-electron chi connectivity index (χ1n) is 4.51. The second-order valence-electron chi connectivity index (χ2n) is 3.47. The SMILES string of the molecule is Cn1c2nc(=O)c3c1nc1n3OP(=O)(ON2)O1. The first-order valence-corrected chi connectivity index (χ1v) is 5.97. The maximum absolute atomic E-state index is 11.9. The van der Waals surface area contributed by atoms with E-state index in [1.165, 1.54) is 4.57 Å². The number of nitrogens with zero attached hydrogens (tertiary/aromatic N) is 4. The van der Waals surface area contributed by atoms with Gasteiger partial charge in [0.25, 0.3) is 0 Å². The van der Waals surface area contributed by atoms with Crippen molar-refractivity contribution < 1.29 is 18.3 Å². The number of phosphoric acid groups is 1. The Kier molecular flexibility index (Phi) is 1.29. The molecule has 1 atom stereocenters. The molecule has 0 radical (unpaired) electrons. The van der Waals surface area contributed by atoms with E-state index in [-0.39, 0.29) is 17.5 Å². The van der Waals surface area contributed by atoms with Gasteiger partial charge in [-0.2, -0.15) is 9.97 Å². The summed E-state index contributed by atoms with van der Waals surface area (Å²) in [5.41, 5.74) is 2.02. The lowest BCUT2D eigenvalue weighted by atomic mass is 10.5. The zero-order chi connectivity index (χ0) is 11.8. The lowest BCUT2D eigenvalue weighted by Crippen LogP contribution is -2.17. The summed E-state index contributed by atoms with van der Waals surface area (Å²) in [5, 5.41) is 0. The third-order valence-corrected chi connectivity index (χ3v) is 3.52. The predicted octanol–water partition coefficient (Wildman–Crippen LogP) is -0.584. The quantitative estimate of drug-likeness (QED) is 0.624. The van der Waals surface area contributed by atoms with Gasteiger partial charge < -0.3 is 4.52 Å².